The van der Waals surface area contributed by atoms with Gasteiger partial charge >= 0.3 is 0 Å². The molecule has 0 amide bonds. The second kappa shape index (κ2) is 13.2. The minimum atomic E-state index is -0.0660. The van der Waals surface area contributed by atoms with E-state index in [9.17, 15) is 0 Å². The van der Waals surface area contributed by atoms with Crippen LogP contribution in [-0.2, 0) is 11.2 Å². The Kier molecular flexibility index (Phi) is 7.61. The molecular weight excluding hydrogens is 701 g/mol. The van der Waals surface area contributed by atoms with Crippen molar-refractivity contribution in [2.45, 2.75) is 37.6 Å². The highest BCUT2D eigenvalue weighted by Crippen LogP contribution is 2.47. The van der Waals surface area contributed by atoms with Gasteiger partial charge in [-0.3, -0.25) is 0 Å². The van der Waals surface area contributed by atoms with E-state index in [4.69, 9.17) is 4.74 Å². The molecule has 12 rings (SSSR count). The van der Waals surface area contributed by atoms with Crippen LogP contribution < -0.4 is 10.4 Å². The van der Waals surface area contributed by atoms with E-state index in [1.165, 1.54) is 66.0 Å². The predicted molar refractivity (Wildman–Crippen MR) is 241 cm³/mol. The van der Waals surface area contributed by atoms with Crippen LogP contribution in [0.25, 0.3) is 38.7 Å². The summed E-state index contributed by atoms with van der Waals surface area (Å²) in [7, 11) is 1.04. The smallest absolute Gasteiger partial charge is 0.176 e. The lowest BCUT2D eigenvalue weighted by Crippen LogP contribution is -2.24. The summed E-state index contributed by atoms with van der Waals surface area (Å²) in [5, 5.41) is 5.26. The van der Waals surface area contributed by atoms with Crippen molar-refractivity contribution < 1.29 is 4.74 Å². The molecule has 0 bridgehead atoms. The standard InChI is InChI=1S/C55H40BNO/c1-34-15-24-44-42-11-5-6-12-43(42)48-32-40(22-25-45(48)47(44)29-34)57(39-20-16-36(17-21-39)35-9-3-2-4-10-35)41-23-28-55-51(33-41)50-31-38(19-27-54(50)58-55)37-18-26-53-49(30-37)46-13-7-8-14-52(46)56-53/h2-17,20-25,28,30,32-34,38,49,51,53,55-56H,29,31H2,1H3/t34?,38?,49-,51-,53?,55-/m1/s1. The number of nitrogens with zero attached hydrogens (tertiary/aromatic N) is 1. The molecule has 0 saturated carbocycles. The molecule has 6 aromatic carbocycles. The van der Waals surface area contributed by atoms with E-state index < -0.39 is 0 Å². The predicted octanol–water partition coefficient (Wildman–Crippen LogP) is 11.3. The number of hydrogen-bond donors (Lipinski definition) is 0. The molecule has 0 saturated heterocycles. The fraction of sp³-hybridized carbons (Fsp3) is 0.164. The Balaban J connectivity index is 0.943. The maximum atomic E-state index is 6.59. The van der Waals surface area contributed by atoms with Crippen LogP contribution in [0.15, 0.2) is 174 Å². The third-order valence-electron chi connectivity index (χ3n) is 13.3. The van der Waals surface area contributed by atoms with E-state index >= 15 is 0 Å². The van der Waals surface area contributed by atoms with Crippen molar-refractivity contribution in [1.82, 2.24) is 0 Å². The largest absolute Gasteiger partial charge is 0.477 e. The normalized spacial score (nSPS) is 24.1. The van der Waals surface area contributed by atoms with E-state index in [0.29, 0.717) is 17.7 Å². The van der Waals surface area contributed by atoms with Crippen LogP contribution in [0.1, 0.15) is 36.0 Å². The summed E-state index contributed by atoms with van der Waals surface area (Å²) < 4.78 is 6.59. The van der Waals surface area contributed by atoms with Crippen LogP contribution in [0.5, 0.6) is 0 Å². The molecule has 0 aromatic heterocycles. The van der Waals surface area contributed by atoms with Crippen molar-refractivity contribution in [1.29, 1.82) is 0 Å². The van der Waals surface area contributed by atoms with Gasteiger partial charge in [0.25, 0.3) is 0 Å². The fourth-order valence-electron chi connectivity index (χ4n) is 10.5. The lowest BCUT2D eigenvalue weighted by molar-refractivity contribution is 0.175. The first kappa shape index (κ1) is 33.5. The van der Waals surface area contributed by atoms with E-state index in [0.717, 1.165) is 43.0 Å². The zero-order valence-corrected chi connectivity index (χ0v) is 32.5. The third-order valence-corrected chi connectivity index (χ3v) is 13.3. The molecule has 3 heteroatoms. The topological polar surface area (TPSA) is 12.5 Å². The van der Waals surface area contributed by atoms with Crippen molar-refractivity contribution in [3.05, 3.63) is 191 Å². The highest BCUT2D eigenvalue weighted by Gasteiger charge is 2.40. The molecule has 4 aliphatic carbocycles. The molecule has 3 unspecified atom stereocenters. The average molecular weight is 742 g/mol. The molecule has 2 nitrogen and oxygen atoms in total. The van der Waals surface area contributed by atoms with Gasteiger partial charge in [0, 0.05) is 40.3 Å². The highest BCUT2D eigenvalue weighted by atomic mass is 16.5. The van der Waals surface area contributed by atoms with E-state index in [1.54, 1.807) is 0 Å². The maximum Gasteiger partial charge on any atom is 0.176 e. The first-order valence-corrected chi connectivity index (χ1v) is 20.9. The monoisotopic (exact) mass is 741 g/mol. The van der Waals surface area contributed by atoms with E-state index in [-0.39, 0.29) is 17.9 Å². The van der Waals surface area contributed by atoms with Gasteiger partial charge in [0.1, 0.15) is 6.10 Å². The van der Waals surface area contributed by atoms with Gasteiger partial charge in [-0.15, -0.1) is 5.92 Å². The summed E-state index contributed by atoms with van der Waals surface area (Å²) in [5.41, 5.74) is 14.0. The first-order chi connectivity index (χ1) is 28.6. The third kappa shape index (κ3) is 5.38. The van der Waals surface area contributed by atoms with Crippen LogP contribution >= 0.6 is 0 Å². The SMILES string of the molecule is CC1C=Cc2c(c3ccc(N(C4=C[C@@H]5C6=C(C#CC(C7=C[C@@H]8c9ccccc9BC8C#C7)C6)O[C@@H]5C=C4)c4ccc(-c5ccccc5)cc4)cc3c3ccccc23)C1. The number of ether oxygens (including phenoxy) is 1. The molecule has 0 spiro atoms. The van der Waals surface area contributed by atoms with Gasteiger partial charge in [-0.2, -0.15) is 0 Å². The molecule has 274 valence electrons. The van der Waals surface area contributed by atoms with Gasteiger partial charge < -0.3 is 9.64 Å². The lowest BCUT2D eigenvalue weighted by Gasteiger charge is -2.31. The number of rotatable bonds is 5. The quantitative estimate of drug-likeness (QED) is 0.0991. The summed E-state index contributed by atoms with van der Waals surface area (Å²) in [6.45, 7) is 2.32. The average Bonchev–Trinajstić information content (AvgIpc) is 3.84. The highest BCUT2D eigenvalue weighted by molar-refractivity contribution is 6.58. The number of hydrogen-bond acceptors (Lipinski definition) is 2. The van der Waals surface area contributed by atoms with Crippen molar-refractivity contribution in [3.8, 4) is 34.8 Å². The lowest BCUT2D eigenvalue weighted by atomic mass is 9.61. The zero-order valence-electron chi connectivity index (χ0n) is 32.5. The molecule has 0 N–H and O–H groups in total. The minimum Gasteiger partial charge on any atom is -0.477 e. The van der Waals surface area contributed by atoms with Gasteiger partial charge in [-0.05, 0) is 122 Å². The van der Waals surface area contributed by atoms with Crippen molar-refractivity contribution in [3.63, 3.8) is 0 Å². The number of benzene rings is 6. The summed E-state index contributed by atoms with van der Waals surface area (Å²) in [6, 6.07) is 44.6. The van der Waals surface area contributed by atoms with Gasteiger partial charge in [-0.25, -0.2) is 0 Å². The Hall–Kier alpha value is -6.68. The zero-order chi connectivity index (χ0) is 38.3. The molecule has 58 heavy (non-hydrogen) atoms. The summed E-state index contributed by atoms with van der Waals surface area (Å²) in [4.78, 5) is 2.44. The molecule has 6 aliphatic rings. The molecule has 2 aliphatic heterocycles. The van der Waals surface area contributed by atoms with E-state index in [2.05, 4.69) is 193 Å². The summed E-state index contributed by atoms with van der Waals surface area (Å²) in [5.74, 6) is 16.5. The van der Waals surface area contributed by atoms with Crippen molar-refractivity contribution >= 4 is 51.7 Å². The van der Waals surface area contributed by atoms with Gasteiger partial charge in [0.2, 0.25) is 0 Å². The molecule has 6 atom stereocenters. The van der Waals surface area contributed by atoms with Crippen LogP contribution in [0.2, 0.25) is 5.82 Å². The summed E-state index contributed by atoms with van der Waals surface area (Å²) in [6.07, 6.45) is 15.9. The van der Waals surface area contributed by atoms with Crippen LogP contribution in [-0.4, -0.2) is 13.4 Å². The first-order valence-electron chi connectivity index (χ1n) is 20.9. The van der Waals surface area contributed by atoms with Crippen LogP contribution in [0, 0.1) is 41.4 Å². The Labute approximate surface area is 341 Å². The minimum absolute atomic E-state index is 0.0660. The molecule has 2 heterocycles. The van der Waals surface area contributed by atoms with E-state index in [1.807, 2.05) is 0 Å². The molecule has 0 radical (unpaired) electrons. The Morgan fingerprint density at radius 1 is 0.655 bits per heavy atom. The number of allylic oxidation sites excluding steroid dienone is 5. The van der Waals surface area contributed by atoms with Gasteiger partial charge in [0.05, 0.1) is 5.92 Å². The van der Waals surface area contributed by atoms with Gasteiger partial charge in [-0.1, -0.05) is 140 Å². The Morgan fingerprint density at radius 2 is 1.45 bits per heavy atom. The second-order valence-corrected chi connectivity index (χ2v) is 16.8. The summed E-state index contributed by atoms with van der Waals surface area (Å²) >= 11 is 0. The Morgan fingerprint density at radius 3 is 2.34 bits per heavy atom. The second-order valence-electron chi connectivity index (χ2n) is 16.8. The number of fused-ring (bicyclic) bond motifs is 11. The Bertz CT molecular complexity index is 3010. The molecular formula is C55H40BNO. The van der Waals surface area contributed by atoms with Crippen LogP contribution in [0.4, 0.5) is 11.4 Å². The fourth-order valence-corrected chi connectivity index (χ4v) is 10.5. The van der Waals surface area contributed by atoms with Crippen LogP contribution in [0.3, 0.4) is 0 Å². The molecule has 6 aromatic rings. The number of anilines is 2. The maximum absolute atomic E-state index is 6.59. The van der Waals surface area contributed by atoms with Gasteiger partial charge in [0.15, 0.2) is 13.0 Å². The van der Waals surface area contributed by atoms with Crippen molar-refractivity contribution in [2.75, 3.05) is 4.90 Å². The molecule has 0 fully saturated rings. The van der Waals surface area contributed by atoms with Crippen molar-refractivity contribution in [2.24, 2.45) is 17.8 Å².